The summed E-state index contributed by atoms with van der Waals surface area (Å²) in [5, 5.41) is 0. The van der Waals surface area contributed by atoms with E-state index in [0.29, 0.717) is 5.92 Å². The second-order valence-corrected chi connectivity index (χ2v) is 9.83. The van der Waals surface area contributed by atoms with E-state index in [1.165, 1.54) is 45.1 Å². The van der Waals surface area contributed by atoms with Gasteiger partial charge in [-0.3, -0.25) is 4.90 Å². The molecule has 0 aromatic rings. The van der Waals surface area contributed by atoms with Crippen molar-refractivity contribution in [1.29, 1.82) is 0 Å². The van der Waals surface area contributed by atoms with Gasteiger partial charge in [0.1, 0.15) is 0 Å². The average molecular weight is 350 g/mol. The third kappa shape index (κ3) is 7.08. The third-order valence-electron chi connectivity index (χ3n) is 7.42. The lowest BCUT2D eigenvalue weighted by Gasteiger charge is -2.42. The lowest BCUT2D eigenvalue weighted by molar-refractivity contribution is 0.0826. The second-order valence-electron chi connectivity index (χ2n) is 9.83. The van der Waals surface area contributed by atoms with Gasteiger partial charge in [-0.1, -0.05) is 60.1 Å². The molecule has 1 rings (SSSR count). The van der Waals surface area contributed by atoms with Crippen LogP contribution in [0, 0.1) is 29.6 Å². The molecule has 0 spiro atoms. The van der Waals surface area contributed by atoms with Crippen molar-refractivity contribution in [3.8, 4) is 0 Å². The van der Waals surface area contributed by atoms with Gasteiger partial charge >= 0.3 is 0 Å². The summed E-state index contributed by atoms with van der Waals surface area (Å²) in [5.74, 6) is 4.17. The van der Waals surface area contributed by atoms with Gasteiger partial charge in [0.25, 0.3) is 0 Å². The number of rotatable bonds is 5. The van der Waals surface area contributed by atoms with E-state index in [2.05, 4.69) is 72.4 Å². The van der Waals surface area contributed by atoms with Crippen molar-refractivity contribution < 1.29 is 0 Å². The van der Waals surface area contributed by atoms with Crippen molar-refractivity contribution >= 4 is 0 Å². The molecule has 25 heavy (non-hydrogen) atoms. The molecule has 0 N–H and O–H groups in total. The number of allylic oxidation sites excluding steroid dienone is 1. The fraction of sp³-hybridized carbons (Fsp3) is 0.917. The Morgan fingerprint density at radius 3 is 2.24 bits per heavy atom. The highest BCUT2D eigenvalue weighted by atomic mass is 15.2. The van der Waals surface area contributed by atoms with Gasteiger partial charge in [-0.05, 0) is 82.1 Å². The van der Waals surface area contributed by atoms with E-state index in [-0.39, 0.29) is 5.54 Å². The zero-order valence-corrected chi connectivity index (χ0v) is 18.6. The molecule has 0 saturated heterocycles. The fourth-order valence-electron chi connectivity index (χ4n) is 4.23. The van der Waals surface area contributed by atoms with Crippen LogP contribution >= 0.6 is 0 Å². The van der Waals surface area contributed by atoms with Gasteiger partial charge in [0.15, 0.2) is 0 Å². The van der Waals surface area contributed by atoms with Gasteiger partial charge in [-0.2, -0.15) is 0 Å². The third-order valence-corrected chi connectivity index (χ3v) is 7.42. The lowest BCUT2D eigenvalue weighted by Crippen LogP contribution is -2.48. The molecule has 0 aliphatic carbocycles. The molecule has 1 aliphatic heterocycles. The van der Waals surface area contributed by atoms with Gasteiger partial charge in [-0.25, -0.2) is 0 Å². The minimum Gasteiger partial charge on any atom is -0.294 e. The summed E-state index contributed by atoms with van der Waals surface area (Å²) >= 11 is 0. The highest BCUT2D eigenvalue weighted by Crippen LogP contribution is 2.34. The Balaban J connectivity index is 2.90. The zero-order chi connectivity index (χ0) is 19.0. The fourth-order valence-corrected chi connectivity index (χ4v) is 4.23. The van der Waals surface area contributed by atoms with Gasteiger partial charge in [0.2, 0.25) is 0 Å². The smallest absolute Gasteiger partial charge is 0.0179 e. The standard InChI is InChI=1S/C24H47N/c1-9-21(6)23-15-13-17-25(24(7,8)20(4)5)16-12-10-11-14-22(18-23)19(2)3/h10,12,19-23H,9,11,13-18H2,1-8H3. The van der Waals surface area contributed by atoms with Crippen LogP contribution in [-0.2, 0) is 0 Å². The lowest BCUT2D eigenvalue weighted by atomic mass is 9.76. The van der Waals surface area contributed by atoms with Crippen molar-refractivity contribution in [2.24, 2.45) is 29.6 Å². The van der Waals surface area contributed by atoms with Crippen molar-refractivity contribution in [3.63, 3.8) is 0 Å². The molecule has 0 radical (unpaired) electrons. The summed E-state index contributed by atoms with van der Waals surface area (Å²) in [7, 11) is 0. The molecular weight excluding hydrogens is 302 g/mol. The van der Waals surface area contributed by atoms with Crippen LogP contribution in [0.2, 0.25) is 0 Å². The normalized spacial score (nSPS) is 26.5. The molecular formula is C24H47N. The Labute approximate surface area is 159 Å². The van der Waals surface area contributed by atoms with Crippen molar-refractivity contribution in [1.82, 2.24) is 4.90 Å². The monoisotopic (exact) mass is 349 g/mol. The van der Waals surface area contributed by atoms with Crippen LogP contribution in [0.5, 0.6) is 0 Å². The Hall–Kier alpha value is -0.300. The molecule has 0 aromatic heterocycles. The summed E-state index contributed by atoms with van der Waals surface area (Å²) in [4.78, 5) is 2.73. The van der Waals surface area contributed by atoms with E-state index in [1.807, 2.05) is 0 Å². The van der Waals surface area contributed by atoms with Crippen molar-refractivity contribution in [2.75, 3.05) is 13.1 Å². The first-order chi connectivity index (χ1) is 11.7. The van der Waals surface area contributed by atoms with Gasteiger partial charge in [-0.15, -0.1) is 0 Å². The maximum absolute atomic E-state index is 2.73. The predicted octanol–water partition coefficient (Wildman–Crippen LogP) is 7.18. The summed E-state index contributed by atoms with van der Waals surface area (Å²) in [6.07, 6.45) is 13.1. The molecule has 1 heteroatoms. The van der Waals surface area contributed by atoms with Crippen LogP contribution in [0.15, 0.2) is 12.2 Å². The topological polar surface area (TPSA) is 3.24 Å². The zero-order valence-electron chi connectivity index (χ0n) is 18.6. The van der Waals surface area contributed by atoms with Crippen molar-refractivity contribution in [2.45, 2.75) is 99.5 Å². The summed E-state index contributed by atoms with van der Waals surface area (Å²) in [6.45, 7) is 21.7. The van der Waals surface area contributed by atoms with Gasteiger partial charge < -0.3 is 0 Å². The molecule has 0 bridgehead atoms. The SMILES string of the molecule is CCC(C)C1CCCN(C(C)(C)C(C)C)CC=CCCC(C(C)C)C1. The van der Waals surface area contributed by atoms with E-state index >= 15 is 0 Å². The van der Waals surface area contributed by atoms with Gasteiger partial charge in [0.05, 0.1) is 0 Å². The Morgan fingerprint density at radius 2 is 1.68 bits per heavy atom. The molecule has 1 aliphatic rings. The average Bonchev–Trinajstić information content (AvgIpc) is 2.53. The maximum Gasteiger partial charge on any atom is 0.0179 e. The molecule has 1 heterocycles. The second kappa shape index (κ2) is 10.8. The molecule has 3 unspecified atom stereocenters. The van der Waals surface area contributed by atoms with Crippen LogP contribution in [0.3, 0.4) is 0 Å². The molecule has 0 aromatic carbocycles. The first kappa shape index (κ1) is 22.7. The molecule has 0 fully saturated rings. The highest BCUT2D eigenvalue weighted by molar-refractivity contribution is 4.93. The van der Waals surface area contributed by atoms with Crippen molar-refractivity contribution in [3.05, 3.63) is 12.2 Å². The van der Waals surface area contributed by atoms with E-state index < -0.39 is 0 Å². The molecule has 148 valence electrons. The minimum atomic E-state index is 0.279. The molecule has 3 atom stereocenters. The minimum absolute atomic E-state index is 0.279. The summed E-state index contributed by atoms with van der Waals surface area (Å²) in [5.41, 5.74) is 0.279. The van der Waals surface area contributed by atoms with E-state index in [9.17, 15) is 0 Å². The Morgan fingerprint density at radius 1 is 1.00 bits per heavy atom. The van der Waals surface area contributed by atoms with E-state index in [0.717, 1.165) is 30.2 Å². The van der Waals surface area contributed by atoms with Crippen LogP contribution in [0.25, 0.3) is 0 Å². The summed E-state index contributed by atoms with van der Waals surface area (Å²) < 4.78 is 0. The number of hydrogen-bond acceptors (Lipinski definition) is 1. The summed E-state index contributed by atoms with van der Waals surface area (Å²) in [6, 6.07) is 0. The van der Waals surface area contributed by atoms with Crippen LogP contribution in [0.4, 0.5) is 0 Å². The first-order valence-electron chi connectivity index (χ1n) is 11.1. The maximum atomic E-state index is 2.73. The highest BCUT2D eigenvalue weighted by Gasteiger charge is 2.30. The van der Waals surface area contributed by atoms with Gasteiger partial charge in [0, 0.05) is 12.1 Å². The predicted molar refractivity (Wildman–Crippen MR) is 114 cm³/mol. The first-order valence-corrected chi connectivity index (χ1v) is 11.1. The van der Waals surface area contributed by atoms with E-state index in [1.54, 1.807) is 0 Å². The van der Waals surface area contributed by atoms with E-state index in [4.69, 9.17) is 0 Å². The van der Waals surface area contributed by atoms with Crippen LogP contribution in [0.1, 0.15) is 93.9 Å². The molecule has 0 saturated carbocycles. The van der Waals surface area contributed by atoms with Crippen LogP contribution < -0.4 is 0 Å². The number of nitrogens with zero attached hydrogens (tertiary/aromatic N) is 1. The quantitative estimate of drug-likeness (QED) is 0.475. The number of hydrogen-bond donors (Lipinski definition) is 0. The molecule has 0 amide bonds. The largest absolute Gasteiger partial charge is 0.294 e. The Kier molecular flexibility index (Phi) is 9.78. The van der Waals surface area contributed by atoms with Crippen LogP contribution in [-0.4, -0.2) is 23.5 Å². The Bertz CT molecular complexity index is 380. The molecule has 1 nitrogen and oxygen atoms in total.